The molecular formula is C9H9NO2. The lowest BCUT2D eigenvalue weighted by Gasteiger charge is -2.02. The fraction of sp³-hybridized carbons (Fsp3) is 0.222. The Bertz CT molecular complexity index is 315. The van der Waals surface area contributed by atoms with Crippen LogP contribution in [0.1, 0.15) is 11.1 Å². The highest BCUT2D eigenvalue weighted by Gasteiger charge is 2.01. The van der Waals surface area contributed by atoms with E-state index in [9.17, 15) is 0 Å². The van der Waals surface area contributed by atoms with Gasteiger partial charge in [0, 0.05) is 0 Å². The molecule has 0 heterocycles. The molecule has 0 bridgehead atoms. The molecule has 0 aliphatic carbocycles. The quantitative estimate of drug-likeness (QED) is 0.709. The van der Waals surface area contributed by atoms with E-state index in [2.05, 4.69) is 0 Å². The molecule has 1 aromatic carbocycles. The van der Waals surface area contributed by atoms with Crippen LogP contribution in [0.15, 0.2) is 18.2 Å². The molecule has 0 amide bonds. The highest BCUT2D eigenvalue weighted by atomic mass is 16.5. The van der Waals surface area contributed by atoms with Gasteiger partial charge in [-0.3, -0.25) is 0 Å². The van der Waals surface area contributed by atoms with Gasteiger partial charge in [-0.15, -0.1) is 0 Å². The van der Waals surface area contributed by atoms with E-state index < -0.39 is 0 Å². The number of ether oxygens (including phenoxy) is 1. The number of benzene rings is 1. The lowest BCUT2D eigenvalue weighted by Crippen LogP contribution is -1.91. The van der Waals surface area contributed by atoms with Gasteiger partial charge in [0.25, 0.3) is 0 Å². The average Bonchev–Trinajstić information content (AvgIpc) is 2.16. The van der Waals surface area contributed by atoms with Gasteiger partial charge in [-0.25, -0.2) is 0 Å². The Labute approximate surface area is 70.8 Å². The number of hydrogen-bond donors (Lipinski definition) is 1. The number of nitriles is 1. The second-order valence-electron chi connectivity index (χ2n) is 2.29. The van der Waals surface area contributed by atoms with Crippen LogP contribution in [0.2, 0.25) is 0 Å². The van der Waals surface area contributed by atoms with Crippen molar-refractivity contribution < 1.29 is 9.84 Å². The summed E-state index contributed by atoms with van der Waals surface area (Å²) in [7, 11) is 1.54. The van der Waals surface area contributed by atoms with Crippen molar-refractivity contribution >= 4 is 0 Å². The van der Waals surface area contributed by atoms with E-state index in [-0.39, 0.29) is 6.61 Å². The van der Waals surface area contributed by atoms with Crippen molar-refractivity contribution in [1.29, 1.82) is 5.26 Å². The summed E-state index contributed by atoms with van der Waals surface area (Å²) < 4.78 is 4.94. The molecule has 12 heavy (non-hydrogen) atoms. The van der Waals surface area contributed by atoms with Crippen molar-refractivity contribution in [2.75, 3.05) is 7.11 Å². The number of aliphatic hydroxyl groups is 1. The molecule has 0 aliphatic rings. The van der Waals surface area contributed by atoms with Gasteiger partial charge >= 0.3 is 0 Å². The molecule has 1 N–H and O–H groups in total. The molecule has 0 saturated carbocycles. The number of hydrogen-bond acceptors (Lipinski definition) is 3. The molecule has 0 aliphatic heterocycles. The van der Waals surface area contributed by atoms with E-state index in [1.807, 2.05) is 6.07 Å². The summed E-state index contributed by atoms with van der Waals surface area (Å²) in [6, 6.07) is 6.96. The van der Waals surface area contributed by atoms with Crippen molar-refractivity contribution in [3.63, 3.8) is 0 Å². The zero-order valence-corrected chi connectivity index (χ0v) is 6.74. The van der Waals surface area contributed by atoms with Crippen molar-refractivity contribution in [3.8, 4) is 11.8 Å². The first-order valence-corrected chi connectivity index (χ1v) is 3.49. The molecule has 0 spiro atoms. The van der Waals surface area contributed by atoms with Gasteiger partial charge < -0.3 is 9.84 Å². The van der Waals surface area contributed by atoms with Gasteiger partial charge in [0.15, 0.2) is 0 Å². The zero-order valence-electron chi connectivity index (χ0n) is 6.74. The lowest BCUT2D eigenvalue weighted by atomic mass is 10.1. The van der Waals surface area contributed by atoms with Crippen LogP contribution >= 0.6 is 0 Å². The lowest BCUT2D eigenvalue weighted by molar-refractivity contribution is 0.280. The van der Waals surface area contributed by atoms with E-state index in [1.54, 1.807) is 25.3 Å². The van der Waals surface area contributed by atoms with Crippen LogP contribution in [0.25, 0.3) is 0 Å². The smallest absolute Gasteiger partial charge is 0.119 e. The molecule has 0 saturated heterocycles. The van der Waals surface area contributed by atoms with Crippen LogP contribution in [-0.2, 0) is 6.61 Å². The normalized spacial score (nSPS) is 9.08. The van der Waals surface area contributed by atoms with Crippen LogP contribution < -0.4 is 4.74 Å². The van der Waals surface area contributed by atoms with E-state index >= 15 is 0 Å². The number of methoxy groups -OCH3 is 1. The predicted octanol–water partition coefficient (Wildman–Crippen LogP) is 1.06. The van der Waals surface area contributed by atoms with Crippen LogP contribution in [0.4, 0.5) is 0 Å². The Morgan fingerprint density at radius 1 is 1.58 bits per heavy atom. The van der Waals surface area contributed by atoms with Gasteiger partial charge in [-0.2, -0.15) is 5.26 Å². The van der Waals surface area contributed by atoms with Gasteiger partial charge in [-0.1, -0.05) is 0 Å². The molecule has 0 aromatic heterocycles. The van der Waals surface area contributed by atoms with E-state index in [0.717, 1.165) is 0 Å². The van der Waals surface area contributed by atoms with E-state index in [0.29, 0.717) is 16.9 Å². The van der Waals surface area contributed by atoms with Gasteiger partial charge in [0.1, 0.15) is 5.75 Å². The summed E-state index contributed by atoms with van der Waals surface area (Å²) in [5, 5.41) is 17.5. The zero-order chi connectivity index (χ0) is 8.97. The summed E-state index contributed by atoms with van der Waals surface area (Å²) in [5.74, 6) is 0.651. The Morgan fingerprint density at radius 2 is 2.33 bits per heavy atom. The Kier molecular flexibility index (Phi) is 2.67. The first-order chi connectivity index (χ1) is 5.81. The predicted molar refractivity (Wildman–Crippen MR) is 43.6 cm³/mol. The minimum Gasteiger partial charge on any atom is -0.497 e. The second kappa shape index (κ2) is 3.74. The fourth-order valence-electron chi connectivity index (χ4n) is 0.937. The van der Waals surface area contributed by atoms with Crippen LogP contribution in [0.5, 0.6) is 5.75 Å². The standard InChI is InChI=1S/C9H9NO2/c1-12-9-3-2-7(5-10)8(4-9)6-11/h2-4,11H,6H2,1H3. The number of aliphatic hydroxyl groups excluding tert-OH is 1. The maximum atomic E-state index is 8.86. The number of nitrogens with zero attached hydrogens (tertiary/aromatic N) is 1. The second-order valence-corrected chi connectivity index (χ2v) is 2.29. The Hall–Kier alpha value is -1.53. The first-order valence-electron chi connectivity index (χ1n) is 3.49. The third-order valence-electron chi connectivity index (χ3n) is 1.60. The van der Waals surface area contributed by atoms with Crippen molar-refractivity contribution in [2.45, 2.75) is 6.61 Å². The molecule has 1 rings (SSSR count). The third kappa shape index (κ3) is 1.55. The first kappa shape index (κ1) is 8.57. The minimum atomic E-state index is -0.139. The average molecular weight is 163 g/mol. The fourth-order valence-corrected chi connectivity index (χ4v) is 0.937. The molecule has 1 aromatic rings. The van der Waals surface area contributed by atoms with Crippen molar-refractivity contribution in [1.82, 2.24) is 0 Å². The molecule has 0 atom stereocenters. The van der Waals surface area contributed by atoms with Crippen molar-refractivity contribution in [2.24, 2.45) is 0 Å². The van der Waals surface area contributed by atoms with Gasteiger partial charge in [0.2, 0.25) is 0 Å². The summed E-state index contributed by atoms with van der Waals surface area (Å²) >= 11 is 0. The summed E-state index contributed by atoms with van der Waals surface area (Å²) in [6.45, 7) is -0.139. The molecule has 0 radical (unpaired) electrons. The highest BCUT2D eigenvalue weighted by molar-refractivity contribution is 5.42. The minimum absolute atomic E-state index is 0.139. The van der Waals surface area contributed by atoms with Gasteiger partial charge in [-0.05, 0) is 23.8 Å². The van der Waals surface area contributed by atoms with Crippen LogP contribution in [0, 0.1) is 11.3 Å². The van der Waals surface area contributed by atoms with E-state index in [4.69, 9.17) is 15.1 Å². The van der Waals surface area contributed by atoms with Crippen molar-refractivity contribution in [3.05, 3.63) is 29.3 Å². The maximum Gasteiger partial charge on any atom is 0.119 e. The third-order valence-corrected chi connectivity index (χ3v) is 1.60. The Morgan fingerprint density at radius 3 is 2.83 bits per heavy atom. The van der Waals surface area contributed by atoms with E-state index in [1.165, 1.54) is 0 Å². The molecule has 62 valence electrons. The maximum absolute atomic E-state index is 8.86. The molecule has 3 heteroatoms. The highest BCUT2D eigenvalue weighted by Crippen LogP contribution is 2.16. The molecule has 0 unspecified atom stereocenters. The summed E-state index contributed by atoms with van der Waals surface area (Å²) in [5.41, 5.74) is 1.08. The molecular weight excluding hydrogens is 154 g/mol. The summed E-state index contributed by atoms with van der Waals surface area (Å²) in [4.78, 5) is 0. The summed E-state index contributed by atoms with van der Waals surface area (Å²) in [6.07, 6.45) is 0. The van der Waals surface area contributed by atoms with Crippen LogP contribution in [0.3, 0.4) is 0 Å². The van der Waals surface area contributed by atoms with Gasteiger partial charge in [0.05, 0.1) is 25.3 Å². The topological polar surface area (TPSA) is 53.2 Å². The molecule has 3 nitrogen and oxygen atoms in total. The molecule has 0 fully saturated rings. The largest absolute Gasteiger partial charge is 0.497 e. The number of rotatable bonds is 2. The monoisotopic (exact) mass is 163 g/mol. The SMILES string of the molecule is COc1ccc(C#N)c(CO)c1. The van der Waals surface area contributed by atoms with Crippen LogP contribution in [-0.4, -0.2) is 12.2 Å². The Balaban J connectivity index is 3.13.